The van der Waals surface area contributed by atoms with Crippen LogP contribution in [-0.4, -0.2) is 0 Å². The van der Waals surface area contributed by atoms with Crippen LogP contribution in [0.15, 0.2) is 11.1 Å². The Morgan fingerprint density at radius 2 is 2.00 bits per heavy atom. The summed E-state index contributed by atoms with van der Waals surface area (Å²) in [4.78, 5) is 0. The van der Waals surface area contributed by atoms with Crippen molar-refractivity contribution < 1.29 is 0 Å². The molecule has 0 aromatic heterocycles. The van der Waals surface area contributed by atoms with E-state index < -0.39 is 0 Å². The minimum Gasteiger partial charge on any atom is -0.0710 e. The smallest absolute Gasteiger partial charge is 0.0201 e. The predicted molar refractivity (Wildman–Crippen MR) is 53.1 cm³/mol. The molecule has 0 saturated heterocycles. The molecule has 2 fully saturated rings. The zero-order valence-corrected chi connectivity index (χ0v) is 8.40. The Bertz CT molecular complexity index is 194. The number of hydrogen-bond acceptors (Lipinski definition) is 0. The average Bonchev–Trinajstić information content (AvgIpc) is 2.31. The van der Waals surface area contributed by atoms with Crippen LogP contribution in [0.4, 0.5) is 0 Å². The van der Waals surface area contributed by atoms with Crippen molar-refractivity contribution in [3.63, 3.8) is 0 Å². The quantitative estimate of drug-likeness (QED) is 0.515. The Morgan fingerprint density at radius 3 is 2.42 bits per heavy atom. The van der Waals surface area contributed by atoms with Gasteiger partial charge in [0.1, 0.15) is 0 Å². The summed E-state index contributed by atoms with van der Waals surface area (Å²) in [6, 6.07) is 0. The minimum absolute atomic E-state index is 0.968. The third kappa shape index (κ3) is 1.44. The second-order valence-corrected chi connectivity index (χ2v) is 4.76. The van der Waals surface area contributed by atoms with Crippen LogP contribution in [0.25, 0.3) is 0 Å². The van der Waals surface area contributed by atoms with E-state index in [0.29, 0.717) is 0 Å². The third-order valence-corrected chi connectivity index (χ3v) is 3.82. The molecule has 2 unspecified atom stereocenters. The number of hydrogen-bond donors (Lipinski definition) is 0. The summed E-state index contributed by atoms with van der Waals surface area (Å²) in [6.07, 6.45) is 8.68. The van der Waals surface area contributed by atoms with E-state index in [9.17, 15) is 0 Å². The first-order chi connectivity index (χ1) is 5.77. The van der Waals surface area contributed by atoms with Crippen LogP contribution < -0.4 is 0 Å². The molecule has 2 rings (SSSR count). The van der Waals surface area contributed by atoms with Gasteiger partial charge in [-0.15, -0.1) is 0 Å². The van der Waals surface area contributed by atoms with Gasteiger partial charge in [0.25, 0.3) is 0 Å². The highest BCUT2D eigenvalue weighted by molar-refractivity contribution is 5.20. The Hall–Kier alpha value is -0.260. The highest BCUT2D eigenvalue weighted by Crippen LogP contribution is 2.40. The van der Waals surface area contributed by atoms with Gasteiger partial charge in [-0.25, -0.2) is 0 Å². The van der Waals surface area contributed by atoms with Crippen molar-refractivity contribution in [2.45, 2.75) is 52.4 Å². The van der Waals surface area contributed by atoms with Crippen molar-refractivity contribution in [1.82, 2.24) is 0 Å². The minimum atomic E-state index is 0.968. The summed E-state index contributed by atoms with van der Waals surface area (Å²) in [7, 11) is 0. The van der Waals surface area contributed by atoms with Gasteiger partial charge in [-0.05, 0) is 50.9 Å². The van der Waals surface area contributed by atoms with Crippen molar-refractivity contribution in [3.05, 3.63) is 11.1 Å². The monoisotopic (exact) mass is 164 g/mol. The molecule has 2 saturated carbocycles. The first-order valence-electron chi connectivity index (χ1n) is 5.46. The molecule has 0 nitrogen and oxygen atoms in total. The largest absolute Gasteiger partial charge is 0.0710 e. The number of rotatable bonds is 1. The van der Waals surface area contributed by atoms with Gasteiger partial charge in [0.2, 0.25) is 0 Å². The van der Waals surface area contributed by atoms with Crippen LogP contribution in [0.2, 0.25) is 0 Å². The highest BCUT2D eigenvalue weighted by atomic mass is 14.3. The Kier molecular flexibility index (Phi) is 2.25. The van der Waals surface area contributed by atoms with E-state index in [-0.39, 0.29) is 0 Å². The third-order valence-electron chi connectivity index (χ3n) is 3.82. The van der Waals surface area contributed by atoms with Gasteiger partial charge in [0.05, 0.1) is 0 Å². The fourth-order valence-corrected chi connectivity index (χ4v) is 2.64. The fraction of sp³-hybridized carbons (Fsp3) is 0.833. The summed E-state index contributed by atoms with van der Waals surface area (Å²) in [5.41, 5.74) is 3.57. The molecular formula is C12H20. The van der Waals surface area contributed by atoms with Gasteiger partial charge in [0, 0.05) is 0 Å². The molecule has 68 valence electrons. The van der Waals surface area contributed by atoms with Crippen LogP contribution in [-0.2, 0) is 0 Å². The molecule has 0 aliphatic heterocycles. The summed E-state index contributed by atoms with van der Waals surface area (Å²) in [5, 5.41) is 0. The average molecular weight is 164 g/mol. The molecular weight excluding hydrogens is 144 g/mol. The van der Waals surface area contributed by atoms with Gasteiger partial charge in [-0.2, -0.15) is 0 Å². The maximum atomic E-state index is 2.40. The molecule has 0 heteroatoms. The van der Waals surface area contributed by atoms with Crippen molar-refractivity contribution in [2.75, 3.05) is 0 Å². The predicted octanol–water partition coefficient (Wildman–Crippen LogP) is 3.92. The van der Waals surface area contributed by atoms with Gasteiger partial charge < -0.3 is 0 Å². The Morgan fingerprint density at radius 1 is 1.25 bits per heavy atom. The zero-order valence-electron chi connectivity index (χ0n) is 8.40. The second kappa shape index (κ2) is 3.24. The second-order valence-electron chi connectivity index (χ2n) is 4.76. The van der Waals surface area contributed by atoms with E-state index in [1.165, 1.54) is 38.5 Å². The van der Waals surface area contributed by atoms with Gasteiger partial charge >= 0.3 is 0 Å². The summed E-state index contributed by atoms with van der Waals surface area (Å²) >= 11 is 0. The Labute approximate surface area is 76.1 Å². The Balaban J connectivity index is 2.00. The highest BCUT2D eigenvalue weighted by Gasteiger charge is 2.25. The van der Waals surface area contributed by atoms with Crippen LogP contribution in [0.5, 0.6) is 0 Å². The lowest BCUT2D eigenvalue weighted by atomic mass is 9.83. The molecule has 2 aliphatic carbocycles. The van der Waals surface area contributed by atoms with Crippen LogP contribution in [0, 0.1) is 11.8 Å². The first-order valence-corrected chi connectivity index (χ1v) is 5.46. The zero-order chi connectivity index (χ0) is 8.55. The lowest BCUT2D eigenvalue weighted by Crippen LogP contribution is -2.06. The lowest BCUT2D eigenvalue weighted by Gasteiger charge is -2.23. The molecule has 0 bridgehead atoms. The van der Waals surface area contributed by atoms with E-state index >= 15 is 0 Å². The van der Waals surface area contributed by atoms with Crippen LogP contribution in [0.1, 0.15) is 52.4 Å². The molecule has 0 amide bonds. The molecule has 0 N–H and O–H groups in total. The van der Waals surface area contributed by atoms with Crippen LogP contribution in [0.3, 0.4) is 0 Å². The molecule has 0 aromatic carbocycles. The van der Waals surface area contributed by atoms with E-state index in [1.807, 2.05) is 0 Å². The van der Waals surface area contributed by atoms with Crippen molar-refractivity contribution in [3.8, 4) is 0 Å². The van der Waals surface area contributed by atoms with Gasteiger partial charge in [-0.1, -0.05) is 24.5 Å². The molecule has 0 aromatic rings. The van der Waals surface area contributed by atoms with E-state index in [0.717, 1.165) is 11.8 Å². The molecule has 12 heavy (non-hydrogen) atoms. The molecule has 0 radical (unpaired) electrons. The van der Waals surface area contributed by atoms with Crippen LogP contribution >= 0.6 is 0 Å². The lowest BCUT2D eigenvalue weighted by molar-refractivity contribution is 0.547. The molecule has 0 spiro atoms. The molecule has 2 atom stereocenters. The summed E-state index contributed by atoms with van der Waals surface area (Å²) < 4.78 is 0. The normalized spacial score (nSPS) is 35.0. The number of allylic oxidation sites excluding steroid dienone is 2. The molecule has 0 heterocycles. The van der Waals surface area contributed by atoms with Crippen molar-refractivity contribution >= 4 is 0 Å². The fourth-order valence-electron chi connectivity index (χ4n) is 2.64. The van der Waals surface area contributed by atoms with E-state index in [1.54, 1.807) is 11.1 Å². The standard InChI is InChI=1S/C12H20/c1-9-6-7-12(8-9)10(2)11-4-3-5-11/h9,12H,3-8H2,1-2H3. The first kappa shape index (κ1) is 8.34. The maximum Gasteiger partial charge on any atom is -0.0201 e. The topological polar surface area (TPSA) is 0 Å². The molecule has 2 aliphatic rings. The van der Waals surface area contributed by atoms with Gasteiger partial charge in [-0.3, -0.25) is 0 Å². The van der Waals surface area contributed by atoms with E-state index in [2.05, 4.69) is 13.8 Å². The van der Waals surface area contributed by atoms with Crippen molar-refractivity contribution in [2.24, 2.45) is 11.8 Å². The van der Waals surface area contributed by atoms with Crippen molar-refractivity contribution in [1.29, 1.82) is 0 Å². The maximum absolute atomic E-state index is 2.40. The summed E-state index contributed by atoms with van der Waals surface area (Å²) in [5.74, 6) is 1.96. The van der Waals surface area contributed by atoms with E-state index in [4.69, 9.17) is 0 Å². The SMILES string of the molecule is CC(=C1CCC1)C1CCC(C)C1. The summed E-state index contributed by atoms with van der Waals surface area (Å²) in [6.45, 7) is 4.79. The van der Waals surface area contributed by atoms with Gasteiger partial charge in [0.15, 0.2) is 0 Å².